The van der Waals surface area contributed by atoms with Gasteiger partial charge in [0, 0.05) is 0 Å². The van der Waals surface area contributed by atoms with Crippen molar-refractivity contribution in [2.24, 2.45) is 5.84 Å². The van der Waals surface area contributed by atoms with Gasteiger partial charge in [-0.25, -0.2) is 19.6 Å². The molecule has 2 rings (SSSR count). The Balaban J connectivity index is 2.06. The van der Waals surface area contributed by atoms with Gasteiger partial charge in [0.25, 0.3) is 0 Å². The summed E-state index contributed by atoms with van der Waals surface area (Å²) in [6, 6.07) is 3.50. The Morgan fingerprint density at radius 2 is 1.89 bits per heavy atom. The molecule has 5 nitrogen and oxygen atoms in total. The van der Waals surface area contributed by atoms with Gasteiger partial charge in [0.05, 0.1) is 18.1 Å². The highest BCUT2D eigenvalue weighted by Gasteiger charge is 2.10. The van der Waals surface area contributed by atoms with Crippen LogP contribution in [-0.2, 0) is 6.61 Å². The van der Waals surface area contributed by atoms with E-state index >= 15 is 0 Å². The fourth-order valence-corrected chi connectivity index (χ4v) is 1.27. The van der Waals surface area contributed by atoms with Crippen molar-refractivity contribution in [2.75, 3.05) is 5.43 Å². The lowest BCUT2D eigenvalue weighted by Crippen LogP contribution is -2.09. The second kappa shape index (κ2) is 5.37. The van der Waals surface area contributed by atoms with Gasteiger partial charge in [-0.05, 0) is 12.1 Å². The standard InChI is InChI=1S/C11H10F2N4O/c12-8-2-1-3-9(13)11(8)18-6-7-4-16-10(17-14)5-15-7/h1-5H,6,14H2,(H,16,17). The lowest BCUT2D eigenvalue weighted by atomic mass is 10.3. The molecule has 0 unspecified atom stereocenters. The molecule has 0 aliphatic heterocycles. The van der Waals surface area contributed by atoms with E-state index in [0.29, 0.717) is 11.5 Å². The van der Waals surface area contributed by atoms with E-state index in [0.717, 1.165) is 12.1 Å². The molecule has 3 N–H and O–H groups in total. The zero-order chi connectivity index (χ0) is 13.0. The average Bonchev–Trinajstić information content (AvgIpc) is 2.39. The summed E-state index contributed by atoms with van der Waals surface area (Å²) in [5, 5.41) is 0. The minimum Gasteiger partial charge on any atom is -0.481 e. The van der Waals surface area contributed by atoms with E-state index in [-0.39, 0.29) is 6.61 Å². The number of hydrogen-bond donors (Lipinski definition) is 2. The number of nitrogens with one attached hydrogen (secondary N) is 1. The monoisotopic (exact) mass is 252 g/mol. The SMILES string of the molecule is NNc1cnc(COc2c(F)cccc2F)cn1. The van der Waals surface area contributed by atoms with Gasteiger partial charge in [0.1, 0.15) is 6.61 Å². The van der Waals surface area contributed by atoms with Crippen molar-refractivity contribution in [1.29, 1.82) is 0 Å². The molecule has 1 aromatic carbocycles. The van der Waals surface area contributed by atoms with Gasteiger partial charge < -0.3 is 10.2 Å². The zero-order valence-electron chi connectivity index (χ0n) is 9.23. The quantitative estimate of drug-likeness (QED) is 0.639. The number of nitrogens with zero attached hydrogens (tertiary/aromatic N) is 2. The number of rotatable bonds is 4. The van der Waals surface area contributed by atoms with Gasteiger partial charge in [-0.15, -0.1) is 0 Å². The Kier molecular flexibility index (Phi) is 3.63. The second-order valence-electron chi connectivity index (χ2n) is 3.38. The van der Waals surface area contributed by atoms with Crippen LogP contribution in [0.2, 0.25) is 0 Å². The van der Waals surface area contributed by atoms with Crippen LogP contribution in [0.15, 0.2) is 30.6 Å². The topological polar surface area (TPSA) is 73.1 Å². The number of nitrogens with two attached hydrogens (primary N) is 1. The number of ether oxygens (including phenoxy) is 1. The Labute approximate surface area is 102 Å². The van der Waals surface area contributed by atoms with Crippen LogP contribution in [0.25, 0.3) is 0 Å². The molecule has 0 saturated heterocycles. The van der Waals surface area contributed by atoms with Crippen molar-refractivity contribution >= 4 is 5.82 Å². The van der Waals surface area contributed by atoms with E-state index in [1.807, 2.05) is 0 Å². The van der Waals surface area contributed by atoms with Crippen molar-refractivity contribution in [1.82, 2.24) is 9.97 Å². The van der Waals surface area contributed by atoms with Crippen LogP contribution in [-0.4, -0.2) is 9.97 Å². The number of benzene rings is 1. The van der Waals surface area contributed by atoms with Crippen molar-refractivity contribution in [3.63, 3.8) is 0 Å². The molecule has 7 heteroatoms. The highest BCUT2D eigenvalue weighted by Crippen LogP contribution is 2.21. The van der Waals surface area contributed by atoms with Gasteiger partial charge in [0.15, 0.2) is 23.2 Å². The summed E-state index contributed by atoms with van der Waals surface area (Å²) < 4.78 is 31.5. The largest absolute Gasteiger partial charge is 0.481 e. The van der Waals surface area contributed by atoms with Gasteiger partial charge in [-0.1, -0.05) is 6.07 Å². The molecule has 0 bridgehead atoms. The van der Waals surface area contributed by atoms with Crippen LogP contribution >= 0.6 is 0 Å². The number of aromatic nitrogens is 2. The molecule has 0 amide bonds. The van der Waals surface area contributed by atoms with Crippen molar-refractivity contribution in [3.05, 3.63) is 47.9 Å². The number of nitrogen functional groups attached to an aromatic ring is 1. The van der Waals surface area contributed by atoms with Gasteiger partial charge in [0.2, 0.25) is 0 Å². The number of hydrazine groups is 1. The van der Waals surface area contributed by atoms with Crippen LogP contribution in [0, 0.1) is 11.6 Å². The average molecular weight is 252 g/mol. The third-order valence-electron chi connectivity index (χ3n) is 2.14. The lowest BCUT2D eigenvalue weighted by Gasteiger charge is -2.07. The van der Waals surface area contributed by atoms with Gasteiger partial charge in [-0.3, -0.25) is 4.98 Å². The molecular weight excluding hydrogens is 242 g/mol. The normalized spacial score (nSPS) is 10.2. The fourth-order valence-electron chi connectivity index (χ4n) is 1.27. The summed E-state index contributed by atoms with van der Waals surface area (Å²) >= 11 is 0. The molecule has 1 aromatic heterocycles. The van der Waals surface area contributed by atoms with E-state index in [4.69, 9.17) is 10.6 Å². The highest BCUT2D eigenvalue weighted by molar-refractivity contribution is 5.29. The first-order valence-corrected chi connectivity index (χ1v) is 5.05. The first kappa shape index (κ1) is 12.2. The Hall–Kier alpha value is -2.28. The molecule has 0 saturated carbocycles. The minimum absolute atomic E-state index is 0.0876. The highest BCUT2D eigenvalue weighted by atomic mass is 19.1. The van der Waals surface area contributed by atoms with Crippen LogP contribution in [0.1, 0.15) is 5.69 Å². The summed E-state index contributed by atoms with van der Waals surface area (Å²) in [5.74, 6) is 3.55. The van der Waals surface area contributed by atoms with E-state index in [2.05, 4.69) is 15.4 Å². The Morgan fingerprint density at radius 1 is 1.17 bits per heavy atom. The molecular formula is C11H10F2N4O. The van der Waals surface area contributed by atoms with Crippen LogP contribution < -0.4 is 16.0 Å². The van der Waals surface area contributed by atoms with E-state index in [9.17, 15) is 8.78 Å². The second-order valence-corrected chi connectivity index (χ2v) is 3.38. The Bertz CT molecular complexity index is 513. The van der Waals surface area contributed by atoms with E-state index < -0.39 is 17.4 Å². The molecule has 1 heterocycles. The fraction of sp³-hybridized carbons (Fsp3) is 0.0909. The van der Waals surface area contributed by atoms with E-state index in [1.54, 1.807) is 0 Å². The Morgan fingerprint density at radius 3 is 2.44 bits per heavy atom. The summed E-state index contributed by atoms with van der Waals surface area (Å²) in [5.41, 5.74) is 2.74. The van der Waals surface area contributed by atoms with Crippen LogP contribution in [0.3, 0.4) is 0 Å². The number of anilines is 1. The smallest absolute Gasteiger partial charge is 0.191 e. The molecule has 0 aliphatic carbocycles. The predicted octanol–water partition coefficient (Wildman–Crippen LogP) is 1.62. The third kappa shape index (κ3) is 2.69. The molecule has 0 fully saturated rings. The maximum absolute atomic E-state index is 13.2. The maximum Gasteiger partial charge on any atom is 0.191 e. The van der Waals surface area contributed by atoms with Gasteiger partial charge in [-0.2, -0.15) is 0 Å². The van der Waals surface area contributed by atoms with Gasteiger partial charge >= 0.3 is 0 Å². The first-order chi connectivity index (χ1) is 8.70. The van der Waals surface area contributed by atoms with Crippen LogP contribution in [0.4, 0.5) is 14.6 Å². The molecule has 0 spiro atoms. The third-order valence-corrected chi connectivity index (χ3v) is 2.14. The molecule has 0 atom stereocenters. The number of hydrogen-bond acceptors (Lipinski definition) is 5. The molecule has 0 aliphatic rings. The minimum atomic E-state index is -0.761. The summed E-state index contributed by atoms with van der Waals surface area (Å²) in [6.07, 6.45) is 2.78. The number of para-hydroxylation sites is 1. The molecule has 94 valence electrons. The van der Waals surface area contributed by atoms with Crippen molar-refractivity contribution in [2.45, 2.75) is 6.61 Å². The van der Waals surface area contributed by atoms with E-state index in [1.165, 1.54) is 18.5 Å². The lowest BCUT2D eigenvalue weighted by molar-refractivity contribution is 0.270. The summed E-state index contributed by atoms with van der Waals surface area (Å²) in [4.78, 5) is 7.84. The molecule has 0 radical (unpaired) electrons. The number of halogens is 2. The van der Waals surface area contributed by atoms with Crippen molar-refractivity contribution in [3.8, 4) is 5.75 Å². The van der Waals surface area contributed by atoms with Crippen molar-refractivity contribution < 1.29 is 13.5 Å². The first-order valence-electron chi connectivity index (χ1n) is 5.05. The predicted molar refractivity (Wildman–Crippen MR) is 60.5 cm³/mol. The zero-order valence-corrected chi connectivity index (χ0v) is 9.23. The van der Waals surface area contributed by atoms with Crippen LogP contribution in [0.5, 0.6) is 5.75 Å². The molecule has 18 heavy (non-hydrogen) atoms. The maximum atomic E-state index is 13.2. The summed E-state index contributed by atoms with van der Waals surface area (Å²) in [7, 11) is 0. The molecule has 2 aromatic rings. The summed E-state index contributed by atoms with van der Waals surface area (Å²) in [6.45, 7) is -0.0876.